The highest BCUT2D eigenvalue weighted by Crippen LogP contribution is 2.28. The van der Waals surface area contributed by atoms with Gasteiger partial charge in [0.15, 0.2) is 17.2 Å². The Bertz CT molecular complexity index is 1330. The van der Waals surface area contributed by atoms with Gasteiger partial charge in [-0.15, -0.1) is 5.10 Å². The Balaban J connectivity index is 1.40. The highest BCUT2D eigenvalue weighted by atomic mass is 35.5. The Hall–Kier alpha value is -4.45. The molecule has 0 bridgehead atoms. The van der Waals surface area contributed by atoms with Crippen LogP contribution in [-0.2, 0) is 6.61 Å². The van der Waals surface area contributed by atoms with Crippen molar-refractivity contribution in [1.29, 1.82) is 0 Å². The first kappa shape index (κ1) is 22.7. The van der Waals surface area contributed by atoms with Crippen LogP contribution in [0.3, 0.4) is 0 Å². The summed E-state index contributed by atoms with van der Waals surface area (Å²) in [6, 6.07) is 12.6. The van der Waals surface area contributed by atoms with Crippen molar-refractivity contribution in [3.63, 3.8) is 0 Å². The van der Waals surface area contributed by atoms with E-state index >= 15 is 0 Å². The van der Waals surface area contributed by atoms with Crippen molar-refractivity contribution in [2.75, 3.05) is 12.8 Å². The number of carbonyl (C=O) groups excluding carboxylic acids is 1. The molecule has 2 aromatic carbocycles. The number of amides is 1. The van der Waals surface area contributed by atoms with Crippen LogP contribution in [0.5, 0.6) is 11.5 Å². The van der Waals surface area contributed by atoms with E-state index in [1.54, 1.807) is 37.3 Å². The first-order valence-corrected chi connectivity index (χ1v) is 10.2. The summed E-state index contributed by atoms with van der Waals surface area (Å²) in [6.45, 7) is 1.98. The molecule has 4 rings (SSSR count). The number of halogens is 1. The van der Waals surface area contributed by atoms with Gasteiger partial charge >= 0.3 is 0 Å². The third kappa shape index (κ3) is 4.96. The van der Waals surface area contributed by atoms with Gasteiger partial charge in [-0.2, -0.15) is 9.78 Å². The summed E-state index contributed by atoms with van der Waals surface area (Å²) in [5.74, 6) is 0.671. The van der Waals surface area contributed by atoms with Crippen LogP contribution in [0.15, 0.2) is 52.2 Å². The van der Waals surface area contributed by atoms with E-state index in [-0.39, 0.29) is 17.3 Å². The third-order valence-corrected chi connectivity index (χ3v) is 4.93. The predicted octanol–water partition coefficient (Wildman–Crippen LogP) is 2.55. The van der Waals surface area contributed by atoms with Crippen LogP contribution in [0.25, 0.3) is 5.82 Å². The van der Waals surface area contributed by atoms with Gasteiger partial charge in [-0.1, -0.05) is 28.9 Å². The number of nitrogens with zero attached hydrogens (tertiary/aromatic N) is 6. The van der Waals surface area contributed by atoms with E-state index < -0.39 is 5.91 Å². The number of benzene rings is 2. The van der Waals surface area contributed by atoms with Crippen molar-refractivity contribution in [2.45, 2.75) is 13.5 Å². The van der Waals surface area contributed by atoms with E-state index in [0.29, 0.717) is 34.4 Å². The van der Waals surface area contributed by atoms with Gasteiger partial charge < -0.3 is 15.2 Å². The summed E-state index contributed by atoms with van der Waals surface area (Å²) < 4.78 is 17.0. The molecule has 13 heteroatoms. The first-order valence-electron chi connectivity index (χ1n) is 9.85. The van der Waals surface area contributed by atoms with E-state index in [9.17, 15) is 4.79 Å². The van der Waals surface area contributed by atoms with Gasteiger partial charge in [0, 0.05) is 5.02 Å². The second kappa shape index (κ2) is 10.0. The minimum Gasteiger partial charge on any atom is -0.493 e. The number of aromatic nitrogens is 5. The van der Waals surface area contributed by atoms with Crippen molar-refractivity contribution in [2.24, 2.45) is 5.10 Å². The molecule has 34 heavy (non-hydrogen) atoms. The SMILES string of the molecule is COc1cc(/C=N\NC(=O)c2nnn(-c3nonc3N)c2C)ccc1OCc1ccc(Cl)cc1. The summed E-state index contributed by atoms with van der Waals surface area (Å²) >= 11 is 5.91. The molecule has 0 aliphatic heterocycles. The lowest BCUT2D eigenvalue weighted by Crippen LogP contribution is -2.19. The molecule has 0 unspecified atom stereocenters. The quantitative estimate of drug-likeness (QED) is 0.284. The maximum Gasteiger partial charge on any atom is 0.293 e. The number of hydrogen-bond acceptors (Lipinski definition) is 10. The molecule has 1 amide bonds. The monoisotopic (exact) mass is 482 g/mol. The highest BCUT2D eigenvalue weighted by Gasteiger charge is 2.20. The van der Waals surface area contributed by atoms with Crippen molar-refractivity contribution in [3.8, 4) is 17.3 Å². The fourth-order valence-electron chi connectivity index (χ4n) is 2.92. The fraction of sp³-hybridized carbons (Fsp3) is 0.143. The van der Waals surface area contributed by atoms with E-state index in [1.165, 1.54) is 18.0 Å². The van der Waals surface area contributed by atoms with Gasteiger partial charge in [0.1, 0.15) is 6.61 Å². The zero-order valence-electron chi connectivity index (χ0n) is 18.1. The van der Waals surface area contributed by atoms with Crippen LogP contribution in [-0.4, -0.2) is 44.5 Å². The molecule has 0 spiro atoms. The second-order valence-electron chi connectivity index (χ2n) is 6.93. The number of ether oxygens (including phenoxy) is 2. The summed E-state index contributed by atoms with van der Waals surface area (Å²) in [6.07, 6.45) is 1.46. The molecule has 0 fully saturated rings. The minimum atomic E-state index is -0.565. The lowest BCUT2D eigenvalue weighted by Gasteiger charge is -2.11. The van der Waals surface area contributed by atoms with Gasteiger partial charge in [0.25, 0.3) is 5.91 Å². The summed E-state index contributed by atoms with van der Waals surface area (Å²) in [5, 5.41) is 19.5. The number of rotatable bonds is 8. The van der Waals surface area contributed by atoms with Gasteiger partial charge in [0.2, 0.25) is 11.6 Å². The number of nitrogen functional groups attached to an aromatic ring is 1. The van der Waals surface area contributed by atoms with Crippen molar-refractivity contribution < 1.29 is 18.9 Å². The molecule has 0 atom stereocenters. The molecule has 0 saturated carbocycles. The predicted molar refractivity (Wildman–Crippen MR) is 122 cm³/mol. The minimum absolute atomic E-state index is 0.0209. The van der Waals surface area contributed by atoms with Crippen molar-refractivity contribution >= 4 is 29.5 Å². The summed E-state index contributed by atoms with van der Waals surface area (Å²) in [5.41, 5.74) is 10.1. The summed E-state index contributed by atoms with van der Waals surface area (Å²) in [7, 11) is 1.54. The maximum absolute atomic E-state index is 12.5. The molecule has 174 valence electrons. The number of nitrogens with two attached hydrogens (primary N) is 1. The molecule has 4 aromatic rings. The third-order valence-electron chi connectivity index (χ3n) is 4.68. The van der Waals surface area contributed by atoms with E-state index in [0.717, 1.165) is 5.56 Å². The maximum atomic E-state index is 12.5. The van der Waals surface area contributed by atoms with Gasteiger partial charge in [-0.05, 0) is 58.7 Å². The highest BCUT2D eigenvalue weighted by molar-refractivity contribution is 6.30. The molecule has 0 saturated heterocycles. The Morgan fingerprint density at radius 3 is 2.74 bits per heavy atom. The van der Waals surface area contributed by atoms with Crippen molar-refractivity contribution in [3.05, 3.63) is 70.0 Å². The standard InChI is InChI=1S/C21H19ClN8O4/c1-12-18(25-29-30(12)20-19(23)27-34-28-20)21(31)26-24-10-14-5-8-16(17(9-14)32-2)33-11-13-3-6-15(22)7-4-13/h3-10H,11H2,1-2H3,(H2,23,27)(H,26,31)/b24-10-. The van der Waals surface area contributed by atoms with E-state index in [2.05, 4.69) is 35.8 Å². The number of methoxy groups -OCH3 is 1. The van der Waals surface area contributed by atoms with Gasteiger partial charge in [-0.3, -0.25) is 4.79 Å². The lowest BCUT2D eigenvalue weighted by molar-refractivity contribution is 0.0949. The van der Waals surface area contributed by atoms with Crippen LogP contribution >= 0.6 is 11.6 Å². The van der Waals surface area contributed by atoms with E-state index in [1.807, 2.05) is 12.1 Å². The normalized spacial score (nSPS) is 11.0. The molecular weight excluding hydrogens is 464 g/mol. The Morgan fingerprint density at radius 1 is 1.24 bits per heavy atom. The van der Waals surface area contributed by atoms with Crippen LogP contribution < -0.4 is 20.6 Å². The molecule has 12 nitrogen and oxygen atoms in total. The molecule has 2 aromatic heterocycles. The zero-order chi connectivity index (χ0) is 24.1. The number of nitrogens with one attached hydrogen (secondary N) is 1. The van der Waals surface area contributed by atoms with Crippen LogP contribution in [0.4, 0.5) is 5.82 Å². The topological polar surface area (TPSA) is 156 Å². The molecule has 0 aliphatic carbocycles. The molecule has 0 aliphatic rings. The largest absolute Gasteiger partial charge is 0.493 e. The number of hydrazone groups is 1. The van der Waals surface area contributed by atoms with Crippen molar-refractivity contribution in [1.82, 2.24) is 30.7 Å². The smallest absolute Gasteiger partial charge is 0.293 e. The van der Waals surface area contributed by atoms with Crippen LogP contribution in [0.2, 0.25) is 5.02 Å². The first-order chi connectivity index (χ1) is 16.5. The summed E-state index contributed by atoms with van der Waals surface area (Å²) in [4.78, 5) is 12.5. The molecule has 2 heterocycles. The van der Waals surface area contributed by atoms with Gasteiger partial charge in [0.05, 0.1) is 19.0 Å². The van der Waals surface area contributed by atoms with Crippen LogP contribution in [0, 0.1) is 6.92 Å². The number of carbonyl (C=O) groups is 1. The average Bonchev–Trinajstić information content (AvgIpc) is 3.43. The molecule has 3 N–H and O–H groups in total. The molecule has 0 radical (unpaired) electrons. The number of hydrogen-bond donors (Lipinski definition) is 2. The average molecular weight is 483 g/mol. The lowest BCUT2D eigenvalue weighted by atomic mass is 10.2. The van der Waals surface area contributed by atoms with Crippen LogP contribution in [0.1, 0.15) is 27.3 Å². The Morgan fingerprint density at radius 2 is 2.03 bits per heavy atom. The Kier molecular flexibility index (Phi) is 6.69. The second-order valence-corrected chi connectivity index (χ2v) is 7.37. The van der Waals surface area contributed by atoms with E-state index in [4.69, 9.17) is 26.8 Å². The zero-order valence-corrected chi connectivity index (χ0v) is 18.9. The fourth-order valence-corrected chi connectivity index (χ4v) is 3.05. The van der Waals surface area contributed by atoms with Gasteiger partial charge in [-0.25, -0.2) is 10.1 Å². The number of anilines is 1. The Labute approximate surface area is 198 Å². The molecular formula is C21H19ClN8O4.